The molecule has 1 fully saturated rings. The third-order valence-electron chi connectivity index (χ3n) is 3.79. The van der Waals surface area contributed by atoms with Crippen molar-refractivity contribution < 1.29 is 0 Å². The van der Waals surface area contributed by atoms with E-state index in [4.69, 9.17) is 17.3 Å². The molecule has 1 aromatic rings. The van der Waals surface area contributed by atoms with Crippen molar-refractivity contribution in [3.05, 3.63) is 23.2 Å². The Morgan fingerprint density at radius 3 is 2.94 bits per heavy atom. The number of rotatable bonds is 4. The Labute approximate surface area is 115 Å². The van der Waals surface area contributed by atoms with E-state index < -0.39 is 0 Å². The summed E-state index contributed by atoms with van der Waals surface area (Å²) in [7, 11) is 2.10. The molecule has 0 amide bonds. The minimum absolute atomic E-state index is 0.648. The third kappa shape index (κ3) is 2.90. The number of benzene rings is 1. The van der Waals surface area contributed by atoms with E-state index in [1.165, 1.54) is 19.4 Å². The third-order valence-corrected chi connectivity index (χ3v) is 4.03. The molecule has 3 nitrogen and oxygen atoms in total. The van der Waals surface area contributed by atoms with Crippen LogP contribution in [-0.4, -0.2) is 37.6 Å². The summed E-state index contributed by atoms with van der Waals surface area (Å²) in [5, 5.41) is 0.695. The molecule has 0 radical (unpaired) electrons. The van der Waals surface area contributed by atoms with Gasteiger partial charge in [-0.25, -0.2) is 0 Å². The topological polar surface area (TPSA) is 32.5 Å². The number of nitrogens with zero attached hydrogens (tertiary/aromatic N) is 2. The first kappa shape index (κ1) is 13.5. The summed E-state index contributed by atoms with van der Waals surface area (Å²) >= 11 is 5.93. The number of nitrogens with two attached hydrogens (primary N) is 1. The molecule has 18 heavy (non-hydrogen) atoms. The van der Waals surface area contributed by atoms with E-state index in [1.807, 2.05) is 18.2 Å². The van der Waals surface area contributed by atoms with E-state index in [-0.39, 0.29) is 0 Å². The van der Waals surface area contributed by atoms with E-state index in [1.54, 1.807) is 0 Å². The lowest BCUT2D eigenvalue weighted by Gasteiger charge is -2.29. The molecular weight excluding hydrogens is 246 g/mol. The van der Waals surface area contributed by atoms with Gasteiger partial charge in [0.2, 0.25) is 0 Å². The van der Waals surface area contributed by atoms with Crippen molar-refractivity contribution in [2.45, 2.75) is 25.8 Å². The molecule has 1 heterocycles. The molecule has 1 aromatic carbocycles. The van der Waals surface area contributed by atoms with Crippen LogP contribution in [0.1, 0.15) is 19.8 Å². The predicted molar refractivity (Wildman–Crippen MR) is 79.4 cm³/mol. The van der Waals surface area contributed by atoms with Gasteiger partial charge in [0.05, 0.1) is 11.4 Å². The van der Waals surface area contributed by atoms with Crippen LogP contribution in [0, 0.1) is 0 Å². The molecule has 1 unspecified atom stereocenters. The van der Waals surface area contributed by atoms with E-state index in [9.17, 15) is 0 Å². The van der Waals surface area contributed by atoms with Gasteiger partial charge in [-0.3, -0.25) is 4.90 Å². The second kappa shape index (κ2) is 5.81. The fourth-order valence-corrected chi connectivity index (χ4v) is 2.99. The van der Waals surface area contributed by atoms with Crippen LogP contribution in [0.25, 0.3) is 0 Å². The molecule has 1 saturated heterocycles. The van der Waals surface area contributed by atoms with Crippen molar-refractivity contribution in [3.63, 3.8) is 0 Å². The Bertz CT molecular complexity index is 408. The number of hydrogen-bond acceptors (Lipinski definition) is 3. The van der Waals surface area contributed by atoms with Crippen molar-refractivity contribution in [2.75, 3.05) is 37.3 Å². The molecule has 0 aliphatic carbocycles. The Balaban J connectivity index is 2.05. The number of nitrogen functional groups attached to an aromatic ring is 1. The van der Waals surface area contributed by atoms with Crippen LogP contribution in [0.2, 0.25) is 5.02 Å². The highest BCUT2D eigenvalue weighted by atomic mass is 35.5. The first-order chi connectivity index (χ1) is 8.61. The van der Waals surface area contributed by atoms with Gasteiger partial charge in [-0.2, -0.15) is 0 Å². The van der Waals surface area contributed by atoms with Crippen molar-refractivity contribution in [1.82, 2.24) is 4.90 Å². The minimum Gasteiger partial charge on any atom is -0.397 e. The first-order valence-corrected chi connectivity index (χ1v) is 6.99. The standard InChI is InChI=1S/C14H22ClN3/c1-3-18-8-4-5-12(18)10-17(2)14-7-6-11(15)9-13(14)16/h6-7,9,12H,3-5,8,10,16H2,1-2H3. The van der Waals surface area contributed by atoms with E-state index >= 15 is 0 Å². The molecule has 1 aliphatic heterocycles. The summed E-state index contributed by atoms with van der Waals surface area (Å²) < 4.78 is 0. The zero-order valence-corrected chi connectivity index (χ0v) is 12.0. The smallest absolute Gasteiger partial charge is 0.0598 e. The number of halogens is 1. The molecule has 0 bridgehead atoms. The van der Waals surface area contributed by atoms with Gasteiger partial charge < -0.3 is 10.6 Å². The average molecular weight is 268 g/mol. The monoisotopic (exact) mass is 267 g/mol. The molecule has 100 valence electrons. The lowest BCUT2D eigenvalue weighted by Crippen LogP contribution is -2.38. The number of hydrogen-bond donors (Lipinski definition) is 1. The van der Waals surface area contributed by atoms with Crippen LogP contribution >= 0.6 is 11.6 Å². The molecule has 4 heteroatoms. The Morgan fingerprint density at radius 1 is 1.50 bits per heavy atom. The zero-order valence-electron chi connectivity index (χ0n) is 11.2. The Kier molecular flexibility index (Phi) is 4.36. The van der Waals surface area contributed by atoms with E-state index in [2.05, 4.69) is 23.8 Å². The molecule has 2 N–H and O–H groups in total. The predicted octanol–water partition coefficient (Wildman–Crippen LogP) is 2.84. The average Bonchev–Trinajstić information content (AvgIpc) is 2.76. The van der Waals surface area contributed by atoms with Gasteiger partial charge >= 0.3 is 0 Å². The molecular formula is C14H22ClN3. The van der Waals surface area contributed by atoms with Crippen molar-refractivity contribution >= 4 is 23.0 Å². The van der Waals surface area contributed by atoms with Gasteiger partial charge in [0.1, 0.15) is 0 Å². The van der Waals surface area contributed by atoms with Crippen LogP contribution in [0.3, 0.4) is 0 Å². The highest BCUT2D eigenvalue weighted by Gasteiger charge is 2.24. The van der Waals surface area contributed by atoms with Gasteiger partial charge in [0.15, 0.2) is 0 Å². The normalized spacial score (nSPS) is 20.3. The Morgan fingerprint density at radius 2 is 2.28 bits per heavy atom. The van der Waals surface area contributed by atoms with Crippen LogP contribution < -0.4 is 10.6 Å². The maximum atomic E-state index is 6.02. The van der Waals surface area contributed by atoms with Crippen LogP contribution in [0.15, 0.2) is 18.2 Å². The summed E-state index contributed by atoms with van der Waals surface area (Å²) in [5.41, 5.74) is 7.85. The van der Waals surface area contributed by atoms with E-state index in [0.717, 1.165) is 24.5 Å². The van der Waals surface area contributed by atoms with Gasteiger partial charge in [-0.15, -0.1) is 0 Å². The summed E-state index contributed by atoms with van der Waals surface area (Å²) in [6, 6.07) is 6.37. The molecule has 2 rings (SSSR count). The highest BCUT2D eigenvalue weighted by molar-refractivity contribution is 6.31. The van der Waals surface area contributed by atoms with Crippen LogP contribution in [0.4, 0.5) is 11.4 Å². The molecule has 1 aliphatic rings. The van der Waals surface area contributed by atoms with Gasteiger partial charge in [-0.05, 0) is 44.1 Å². The van der Waals surface area contributed by atoms with Gasteiger partial charge in [-0.1, -0.05) is 18.5 Å². The summed E-state index contributed by atoms with van der Waals surface area (Å²) in [6.45, 7) is 5.62. The van der Waals surface area contributed by atoms with Gasteiger partial charge in [0, 0.05) is 24.7 Å². The van der Waals surface area contributed by atoms with Crippen molar-refractivity contribution in [1.29, 1.82) is 0 Å². The SMILES string of the molecule is CCN1CCCC1CN(C)c1ccc(Cl)cc1N. The van der Waals surface area contributed by atoms with Crippen molar-refractivity contribution in [2.24, 2.45) is 0 Å². The fraction of sp³-hybridized carbons (Fsp3) is 0.571. The van der Waals surface area contributed by atoms with E-state index in [0.29, 0.717) is 11.1 Å². The highest BCUT2D eigenvalue weighted by Crippen LogP contribution is 2.27. The Hall–Kier alpha value is -0.930. The second-order valence-corrected chi connectivity index (χ2v) is 5.44. The molecule has 0 saturated carbocycles. The largest absolute Gasteiger partial charge is 0.397 e. The first-order valence-electron chi connectivity index (χ1n) is 6.62. The summed E-state index contributed by atoms with van der Waals surface area (Å²) in [4.78, 5) is 4.78. The number of likely N-dealkylation sites (tertiary alicyclic amines) is 1. The maximum absolute atomic E-state index is 6.02. The van der Waals surface area contributed by atoms with Crippen molar-refractivity contribution in [3.8, 4) is 0 Å². The number of likely N-dealkylation sites (N-methyl/N-ethyl adjacent to an activating group) is 2. The minimum atomic E-state index is 0.648. The van der Waals surface area contributed by atoms with Gasteiger partial charge in [0.25, 0.3) is 0 Å². The number of anilines is 2. The van der Waals surface area contributed by atoms with Crippen LogP contribution in [-0.2, 0) is 0 Å². The molecule has 0 spiro atoms. The lowest BCUT2D eigenvalue weighted by molar-refractivity contribution is 0.270. The lowest BCUT2D eigenvalue weighted by atomic mass is 10.2. The summed E-state index contributed by atoms with van der Waals surface area (Å²) in [5.74, 6) is 0. The molecule has 1 atom stereocenters. The maximum Gasteiger partial charge on any atom is 0.0598 e. The second-order valence-electron chi connectivity index (χ2n) is 5.01. The molecule has 0 aromatic heterocycles. The fourth-order valence-electron chi connectivity index (χ4n) is 2.81. The quantitative estimate of drug-likeness (QED) is 0.852. The van der Waals surface area contributed by atoms with Crippen LogP contribution in [0.5, 0.6) is 0 Å². The zero-order chi connectivity index (χ0) is 13.1. The summed E-state index contributed by atoms with van der Waals surface area (Å²) in [6.07, 6.45) is 2.59.